The van der Waals surface area contributed by atoms with Crippen LogP contribution in [-0.4, -0.2) is 9.55 Å². The van der Waals surface area contributed by atoms with Crippen LogP contribution in [0, 0.1) is 0 Å². The molecule has 0 atom stereocenters. The van der Waals surface area contributed by atoms with Gasteiger partial charge in [0.05, 0.1) is 22.0 Å². The van der Waals surface area contributed by atoms with Gasteiger partial charge >= 0.3 is 0 Å². The molecule has 240 valence electrons. The minimum Gasteiger partial charge on any atom is -0.311 e. The van der Waals surface area contributed by atoms with Crippen LogP contribution in [-0.2, 0) is 5.41 Å². The summed E-state index contributed by atoms with van der Waals surface area (Å²) >= 11 is 0. The van der Waals surface area contributed by atoms with Gasteiger partial charge in [-0.25, -0.2) is 0 Å². The van der Waals surface area contributed by atoms with Gasteiger partial charge in [-0.05, 0) is 106 Å². The van der Waals surface area contributed by atoms with Gasteiger partial charge in [0.2, 0.25) is 0 Å². The number of anilines is 3. The molecule has 3 heteroatoms. The molecule has 1 aliphatic rings. The van der Waals surface area contributed by atoms with Crippen LogP contribution in [0.15, 0.2) is 200 Å². The van der Waals surface area contributed by atoms with Gasteiger partial charge in [0, 0.05) is 34.3 Å². The molecule has 0 spiro atoms. The minimum atomic E-state index is -0.466. The summed E-state index contributed by atoms with van der Waals surface area (Å²) in [6.45, 7) is 0. The third-order valence-electron chi connectivity index (χ3n) is 10.5. The Morgan fingerprint density at radius 1 is 0.431 bits per heavy atom. The maximum Gasteiger partial charge on any atom is 0.0963 e. The molecule has 2 heterocycles. The van der Waals surface area contributed by atoms with Gasteiger partial charge < -0.3 is 9.47 Å². The molecule has 3 nitrogen and oxygen atoms in total. The van der Waals surface area contributed by atoms with Gasteiger partial charge in [0.15, 0.2) is 0 Å². The number of rotatable bonds is 6. The van der Waals surface area contributed by atoms with Crippen LogP contribution in [0.25, 0.3) is 38.8 Å². The van der Waals surface area contributed by atoms with Gasteiger partial charge in [-0.2, -0.15) is 0 Å². The summed E-state index contributed by atoms with van der Waals surface area (Å²) in [5, 5.41) is 1.15. The van der Waals surface area contributed by atoms with E-state index in [-0.39, 0.29) is 0 Å². The summed E-state index contributed by atoms with van der Waals surface area (Å²) in [4.78, 5) is 7.32. The summed E-state index contributed by atoms with van der Waals surface area (Å²) in [6.07, 6.45) is 1.91. The lowest BCUT2D eigenvalue weighted by Gasteiger charge is -2.33. The molecular weight excluding hydrogens is 619 g/mol. The van der Waals surface area contributed by atoms with Gasteiger partial charge in [-0.3, -0.25) is 4.98 Å². The van der Waals surface area contributed by atoms with Crippen LogP contribution in [0.4, 0.5) is 17.1 Å². The zero-order valence-electron chi connectivity index (χ0n) is 27.9. The Balaban J connectivity index is 1.21. The molecule has 0 bridgehead atoms. The van der Waals surface area contributed by atoms with Gasteiger partial charge in [-0.1, -0.05) is 121 Å². The SMILES string of the molecule is c1ccc(N(c2ccccc2)c2ccc(-n3c4cc5c(cc4c4ncccc43)C(c3ccccc3)(c3ccccc3)c3ccccc3-5)cc2)cc1. The van der Waals surface area contributed by atoms with E-state index < -0.39 is 5.41 Å². The molecule has 0 saturated carbocycles. The first-order chi connectivity index (χ1) is 25.3. The third-order valence-corrected chi connectivity index (χ3v) is 10.5. The van der Waals surface area contributed by atoms with E-state index in [2.05, 4.69) is 198 Å². The number of nitrogens with zero attached hydrogens (tertiary/aromatic N) is 3. The van der Waals surface area contributed by atoms with Crippen LogP contribution < -0.4 is 4.90 Å². The van der Waals surface area contributed by atoms with E-state index in [0.717, 1.165) is 44.7 Å². The van der Waals surface area contributed by atoms with Crippen LogP contribution in [0.2, 0.25) is 0 Å². The minimum absolute atomic E-state index is 0.466. The second kappa shape index (κ2) is 11.7. The van der Waals surface area contributed by atoms with Crippen LogP contribution in [0.1, 0.15) is 22.3 Å². The normalized spacial score (nSPS) is 12.9. The number of para-hydroxylation sites is 2. The first-order valence-electron chi connectivity index (χ1n) is 17.5. The van der Waals surface area contributed by atoms with Crippen molar-refractivity contribution in [1.82, 2.24) is 9.55 Å². The fourth-order valence-corrected chi connectivity index (χ4v) is 8.40. The molecule has 0 radical (unpaired) electrons. The Morgan fingerprint density at radius 2 is 0.980 bits per heavy atom. The highest BCUT2D eigenvalue weighted by atomic mass is 15.1. The molecule has 2 aromatic heterocycles. The van der Waals surface area contributed by atoms with Crippen LogP contribution >= 0.6 is 0 Å². The van der Waals surface area contributed by atoms with Crippen molar-refractivity contribution in [3.8, 4) is 16.8 Å². The monoisotopic (exact) mass is 651 g/mol. The highest BCUT2D eigenvalue weighted by Gasteiger charge is 2.46. The van der Waals surface area contributed by atoms with Crippen LogP contribution in [0.3, 0.4) is 0 Å². The summed E-state index contributed by atoms with van der Waals surface area (Å²) in [5.41, 5.74) is 14.8. The number of hydrogen-bond donors (Lipinski definition) is 0. The van der Waals surface area contributed by atoms with Crippen molar-refractivity contribution in [3.63, 3.8) is 0 Å². The topological polar surface area (TPSA) is 21.1 Å². The molecule has 1 aliphatic carbocycles. The zero-order chi connectivity index (χ0) is 33.8. The fourth-order valence-electron chi connectivity index (χ4n) is 8.40. The fraction of sp³-hybridized carbons (Fsp3) is 0.0208. The van der Waals surface area contributed by atoms with Crippen molar-refractivity contribution in [2.75, 3.05) is 4.90 Å². The predicted octanol–water partition coefficient (Wildman–Crippen LogP) is 12.0. The molecule has 0 N–H and O–H groups in total. The maximum atomic E-state index is 5.02. The van der Waals surface area contributed by atoms with E-state index in [1.807, 2.05) is 12.3 Å². The number of benzene rings is 7. The summed E-state index contributed by atoms with van der Waals surface area (Å²) in [7, 11) is 0. The molecule has 7 aromatic carbocycles. The highest BCUT2D eigenvalue weighted by Crippen LogP contribution is 2.57. The molecule has 0 amide bonds. The van der Waals surface area contributed by atoms with Gasteiger partial charge in [-0.15, -0.1) is 0 Å². The van der Waals surface area contributed by atoms with E-state index in [9.17, 15) is 0 Å². The Bertz CT molecular complexity index is 2580. The molecule has 10 rings (SSSR count). The second-order valence-corrected chi connectivity index (χ2v) is 13.2. The van der Waals surface area contributed by atoms with Crippen LogP contribution in [0.5, 0.6) is 0 Å². The van der Waals surface area contributed by atoms with Crippen molar-refractivity contribution in [2.45, 2.75) is 5.41 Å². The standard InChI is InChI=1S/C48H33N3/c1-5-16-34(17-6-1)48(35-18-7-2-8-19-35)43-25-14-13-24-40(43)41-33-46-42(32-44(41)48)47-45(26-15-31-49-47)51(46)39-29-27-38(28-30-39)50(36-20-9-3-10-21-36)37-22-11-4-12-23-37/h1-33H. The number of fused-ring (bicyclic) bond motifs is 6. The third kappa shape index (κ3) is 4.42. The van der Waals surface area contributed by atoms with E-state index in [1.54, 1.807) is 0 Å². The molecule has 0 fully saturated rings. The highest BCUT2D eigenvalue weighted by molar-refractivity contribution is 6.10. The average Bonchev–Trinajstić information content (AvgIpc) is 3.69. The molecule has 9 aromatic rings. The first kappa shape index (κ1) is 29.2. The smallest absolute Gasteiger partial charge is 0.0963 e. The van der Waals surface area contributed by atoms with Crippen molar-refractivity contribution < 1.29 is 0 Å². The quantitative estimate of drug-likeness (QED) is 0.178. The van der Waals surface area contributed by atoms with Crippen molar-refractivity contribution >= 4 is 39.0 Å². The summed E-state index contributed by atoms with van der Waals surface area (Å²) in [5.74, 6) is 0. The predicted molar refractivity (Wildman–Crippen MR) is 211 cm³/mol. The zero-order valence-corrected chi connectivity index (χ0v) is 27.9. The number of aromatic nitrogens is 2. The Morgan fingerprint density at radius 3 is 1.61 bits per heavy atom. The van der Waals surface area contributed by atoms with Crippen molar-refractivity contribution in [3.05, 3.63) is 223 Å². The molecule has 0 unspecified atom stereocenters. The molecule has 0 aliphatic heterocycles. The largest absolute Gasteiger partial charge is 0.311 e. The van der Waals surface area contributed by atoms with Gasteiger partial charge in [0.1, 0.15) is 0 Å². The first-order valence-corrected chi connectivity index (χ1v) is 17.5. The second-order valence-electron chi connectivity index (χ2n) is 13.2. The number of pyridine rings is 1. The molecule has 0 saturated heterocycles. The van der Waals surface area contributed by atoms with E-state index in [1.165, 1.54) is 33.4 Å². The van der Waals surface area contributed by atoms with E-state index in [4.69, 9.17) is 4.98 Å². The summed E-state index contributed by atoms with van der Waals surface area (Å²) in [6, 6.07) is 70.0. The Hall–Kier alpha value is -6.71. The Kier molecular flexibility index (Phi) is 6.71. The molecule has 51 heavy (non-hydrogen) atoms. The van der Waals surface area contributed by atoms with Crippen molar-refractivity contribution in [1.29, 1.82) is 0 Å². The molecular formula is C48H33N3. The lowest BCUT2D eigenvalue weighted by Crippen LogP contribution is -2.28. The lowest BCUT2D eigenvalue weighted by atomic mass is 9.67. The van der Waals surface area contributed by atoms with Crippen molar-refractivity contribution in [2.24, 2.45) is 0 Å². The van der Waals surface area contributed by atoms with Gasteiger partial charge in [0.25, 0.3) is 0 Å². The number of hydrogen-bond acceptors (Lipinski definition) is 2. The lowest BCUT2D eigenvalue weighted by molar-refractivity contribution is 0.769. The van der Waals surface area contributed by atoms with E-state index in [0.29, 0.717) is 0 Å². The average molecular weight is 652 g/mol. The summed E-state index contributed by atoms with van der Waals surface area (Å²) < 4.78 is 2.38. The maximum absolute atomic E-state index is 5.02. The Labute approximate surface area is 297 Å². The van der Waals surface area contributed by atoms with E-state index >= 15 is 0 Å².